The fourth-order valence-corrected chi connectivity index (χ4v) is 2.61. The predicted octanol–water partition coefficient (Wildman–Crippen LogP) is 2.38. The second kappa shape index (κ2) is 5.27. The molecule has 5 heteroatoms. The van der Waals surface area contributed by atoms with Crippen LogP contribution in [-0.2, 0) is 6.54 Å². The highest BCUT2D eigenvalue weighted by Gasteiger charge is 2.12. The molecule has 0 amide bonds. The van der Waals surface area contributed by atoms with Gasteiger partial charge in [-0.3, -0.25) is 4.79 Å². The maximum Gasteiger partial charge on any atom is 0.274 e. The molecule has 0 aliphatic heterocycles. The van der Waals surface area contributed by atoms with Crippen LogP contribution in [-0.4, -0.2) is 9.78 Å². The number of rotatable bonds is 2. The number of hydrogen-bond acceptors (Lipinski definition) is 3. The van der Waals surface area contributed by atoms with Crippen molar-refractivity contribution < 1.29 is 0 Å². The van der Waals surface area contributed by atoms with Crippen molar-refractivity contribution in [2.45, 2.75) is 27.3 Å². The molecule has 0 saturated carbocycles. The topological polar surface area (TPSA) is 60.9 Å². The number of nitrogens with zero attached hydrogens (tertiary/aromatic N) is 2. The van der Waals surface area contributed by atoms with Crippen molar-refractivity contribution in [3.63, 3.8) is 0 Å². The molecule has 0 spiro atoms. The first-order valence-electron chi connectivity index (χ1n) is 6.01. The van der Waals surface area contributed by atoms with E-state index in [2.05, 4.69) is 21.0 Å². The summed E-state index contributed by atoms with van der Waals surface area (Å²) < 4.78 is 2.43. The van der Waals surface area contributed by atoms with Gasteiger partial charge in [-0.25, -0.2) is 0 Å². The molecule has 0 aliphatic rings. The Morgan fingerprint density at radius 2 is 2.00 bits per heavy atom. The average Bonchev–Trinajstić information content (AvgIpc) is 2.35. The summed E-state index contributed by atoms with van der Waals surface area (Å²) in [5.41, 5.74) is 9.62. The third-order valence-electron chi connectivity index (χ3n) is 3.24. The van der Waals surface area contributed by atoms with E-state index >= 15 is 0 Å². The standard InChI is InChI=1S/C14H16BrN3O/c1-8-6-11(15)4-5-13(8)18-14(19)9(2)12(7-16)10(3)17-18/h4-6H,7,16H2,1-3H3. The van der Waals surface area contributed by atoms with Crippen molar-refractivity contribution in [3.8, 4) is 5.69 Å². The molecule has 4 nitrogen and oxygen atoms in total. The van der Waals surface area contributed by atoms with Crippen LogP contribution in [0.25, 0.3) is 5.69 Å². The van der Waals surface area contributed by atoms with E-state index in [1.54, 1.807) is 6.92 Å². The van der Waals surface area contributed by atoms with Crippen LogP contribution in [0.4, 0.5) is 0 Å². The molecule has 19 heavy (non-hydrogen) atoms. The van der Waals surface area contributed by atoms with E-state index in [4.69, 9.17) is 5.73 Å². The average molecular weight is 322 g/mol. The largest absolute Gasteiger partial charge is 0.326 e. The molecular formula is C14H16BrN3O. The minimum absolute atomic E-state index is 0.114. The summed E-state index contributed by atoms with van der Waals surface area (Å²) in [5, 5.41) is 4.37. The van der Waals surface area contributed by atoms with E-state index in [9.17, 15) is 4.79 Å². The van der Waals surface area contributed by atoms with Gasteiger partial charge in [0.05, 0.1) is 11.4 Å². The number of halogens is 1. The molecule has 100 valence electrons. The molecule has 0 saturated heterocycles. The maximum absolute atomic E-state index is 12.4. The molecule has 0 radical (unpaired) electrons. The minimum atomic E-state index is -0.114. The monoisotopic (exact) mass is 321 g/mol. The second-order valence-corrected chi connectivity index (χ2v) is 5.46. The summed E-state index contributed by atoms with van der Waals surface area (Å²) in [7, 11) is 0. The van der Waals surface area contributed by atoms with E-state index in [1.807, 2.05) is 32.0 Å². The number of aromatic nitrogens is 2. The van der Waals surface area contributed by atoms with Crippen molar-refractivity contribution in [3.05, 3.63) is 55.4 Å². The Balaban J connectivity index is 2.74. The van der Waals surface area contributed by atoms with Gasteiger partial charge in [0.1, 0.15) is 0 Å². The highest BCUT2D eigenvalue weighted by Crippen LogP contribution is 2.18. The smallest absolute Gasteiger partial charge is 0.274 e. The van der Waals surface area contributed by atoms with E-state index in [0.717, 1.165) is 27.0 Å². The summed E-state index contributed by atoms with van der Waals surface area (Å²) in [6.07, 6.45) is 0. The van der Waals surface area contributed by atoms with Crippen molar-refractivity contribution in [2.75, 3.05) is 0 Å². The molecule has 0 aliphatic carbocycles. The van der Waals surface area contributed by atoms with Crippen molar-refractivity contribution in [1.29, 1.82) is 0 Å². The predicted molar refractivity (Wildman–Crippen MR) is 79.6 cm³/mol. The number of aryl methyl sites for hydroxylation is 2. The fourth-order valence-electron chi connectivity index (χ4n) is 2.14. The van der Waals surface area contributed by atoms with Gasteiger partial charge >= 0.3 is 0 Å². The first kappa shape index (κ1) is 14.0. The van der Waals surface area contributed by atoms with E-state index < -0.39 is 0 Å². The highest BCUT2D eigenvalue weighted by molar-refractivity contribution is 9.10. The maximum atomic E-state index is 12.4. The Morgan fingerprint density at radius 3 is 2.58 bits per heavy atom. The van der Waals surface area contributed by atoms with Crippen LogP contribution < -0.4 is 11.3 Å². The number of benzene rings is 1. The molecule has 2 aromatic rings. The third-order valence-corrected chi connectivity index (χ3v) is 3.74. The van der Waals surface area contributed by atoms with Gasteiger partial charge in [-0.05, 0) is 50.1 Å². The summed E-state index contributed by atoms with van der Waals surface area (Å²) in [5.74, 6) is 0. The highest BCUT2D eigenvalue weighted by atomic mass is 79.9. The van der Waals surface area contributed by atoms with Gasteiger partial charge in [-0.2, -0.15) is 9.78 Å². The van der Waals surface area contributed by atoms with Gasteiger partial charge in [0.15, 0.2) is 0 Å². The van der Waals surface area contributed by atoms with Crippen LogP contribution >= 0.6 is 15.9 Å². The molecular weight excluding hydrogens is 306 g/mol. The van der Waals surface area contributed by atoms with E-state index in [-0.39, 0.29) is 5.56 Å². The molecule has 1 aromatic heterocycles. The minimum Gasteiger partial charge on any atom is -0.326 e. The quantitative estimate of drug-likeness (QED) is 0.923. The normalized spacial score (nSPS) is 10.8. The van der Waals surface area contributed by atoms with Crippen molar-refractivity contribution >= 4 is 15.9 Å². The Labute approximate surface area is 120 Å². The van der Waals surface area contributed by atoms with Crippen molar-refractivity contribution in [2.24, 2.45) is 5.73 Å². The lowest BCUT2D eigenvalue weighted by molar-refractivity contribution is 0.751. The molecule has 1 heterocycles. The molecule has 0 unspecified atom stereocenters. The zero-order valence-corrected chi connectivity index (χ0v) is 12.8. The van der Waals surface area contributed by atoms with Crippen LogP contribution in [0.15, 0.2) is 27.5 Å². The first-order chi connectivity index (χ1) is 8.95. The Kier molecular flexibility index (Phi) is 3.87. The Morgan fingerprint density at radius 1 is 1.32 bits per heavy atom. The molecule has 0 bridgehead atoms. The van der Waals surface area contributed by atoms with Crippen molar-refractivity contribution in [1.82, 2.24) is 9.78 Å². The molecule has 2 rings (SSSR count). The fraction of sp³-hybridized carbons (Fsp3) is 0.286. The van der Waals surface area contributed by atoms with Crippen LogP contribution in [0.3, 0.4) is 0 Å². The van der Waals surface area contributed by atoms with Crippen LogP contribution in [0, 0.1) is 20.8 Å². The summed E-state index contributed by atoms with van der Waals surface area (Å²) in [4.78, 5) is 12.4. The van der Waals surface area contributed by atoms with E-state index in [0.29, 0.717) is 12.1 Å². The lowest BCUT2D eigenvalue weighted by Crippen LogP contribution is -2.27. The number of nitrogens with two attached hydrogens (primary N) is 1. The molecule has 0 atom stereocenters. The lowest BCUT2D eigenvalue weighted by Gasteiger charge is -2.13. The second-order valence-electron chi connectivity index (χ2n) is 4.54. The lowest BCUT2D eigenvalue weighted by atomic mass is 10.1. The zero-order chi connectivity index (χ0) is 14.2. The Bertz CT molecular complexity index is 692. The van der Waals surface area contributed by atoms with E-state index in [1.165, 1.54) is 4.68 Å². The van der Waals surface area contributed by atoms with Gasteiger partial charge in [0.25, 0.3) is 5.56 Å². The number of hydrogen-bond donors (Lipinski definition) is 1. The Hall–Kier alpha value is -1.46. The molecule has 2 N–H and O–H groups in total. The SMILES string of the molecule is Cc1cc(Br)ccc1-n1nc(C)c(CN)c(C)c1=O. The van der Waals surface area contributed by atoms with Crippen LogP contribution in [0.5, 0.6) is 0 Å². The van der Waals surface area contributed by atoms with Crippen LogP contribution in [0.1, 0.15) is 22.4 Å². The van der Waals surface area contributed by atoms with Gasteiger partial charge in [0.2, 0.25) is 0 Å². The summed E-state index contributed by atoms with van der Waals surface area (Å²) in [6.45, 7) is 5.96. The zero-order valence-electron chi connectivity index (χ0n) is 11.2. The van der Waals surface area contributed by atoms with Gasteiger partial charge < -0.3 is 5.73 Å². The van der Waals surface area contributed by atoms with Gasteiger partial charge in [0, 0.05) is 16.6 Å². The first-order valence-corrected chi connectivity index (χ1v) is 6.81. The summed E-state index contributed by atoms with van der Waals surface area (Å²) in [6, 6.07) is 5.75. The van der Waals surface area contributed by atoms with Crippen LogP contribution in [0.2, 0.25) is 0 Å². The van der Waals surface area contributed by atoms with Gasteiger partial charge in [-0.1, -0.05) is 15.9 Å². The molecule has 0 fully saturated rings. The molecule has 1 aromatic carbocycles. The van der Waals surface area contributed by atoms with Gasteiger partial charge in [-0.15, -0.1) is 0 Å². The third kappa shape index (κ3) is 2.48. The summed E-state index contributed by atoms with van der Waals surface area (Å²) >= 11 is 3.41.